The molecule has 0 aromatic heterocycles. The summed E-state index contributed by atoms with van der Waals surface area (Å²) in [6.45, 7) is 1.33. The Morgan fingerprint density at radius 1 is 1.17 bits per heavy atom. The lowest BCUT2D eigenvalue weighted by molar-refractivity contribution is 0.0313. The van der Waals surface area contributed by atoms with Gasteiger partial charge in [-0.3, -0.25) is 0 Å². The Balaban J connectivity index is 1.93. The van der Waals surface area contributed by atoms with Crippen molar-refractivity contribution in [1.82, 2.24) is 4.31 Å². The number of rotatable bonds is 2. The van der Waals surface area contributed by atoms with E-state index in [2.05, 4.69) is 0 Å². The summed E-state index contributed by atoms with van der Waals surface area (Å²) in [4.78, 5) is 0.206. The van der Waals surface area contributed by atoms with E-state index in [9.17, 15) is 8.42 Å². The molecule has 0 aliphatic carbocycles. The van der Waals surface area contributed by atoms with E-state index in [-0.39, 0.29) is 18.4 Å². The molecule has 0 unspecified atom stereocenters. The maximum Gasteiger partial charge on any atom is 0.245 e. The van der Waals surface area contributed by atoms with Crippen LogP contribution in [0.5, 0.6) is 11.5 Å². The quantitative estimate of drug-likeness (QED) is 0.795. The van der Waals surface area contributed by atoms with Crippen molar-refractivity contribution >= 4 is 10.0 Å². The summed E-state index contributed by atoms with van der Waals surface area (Å²) in [7, 11) is -3.51. The molecule has 98 valence electrons. The number of ether oxygens (including phenoxy) is 3. The van der Waals surface area contributed by atoms with E-state index in [1.807, 2.05) is 0 Å². The van der Waals surface area contributed by atoms with Crippen molar-refractivity contribution < 1.29 is 22.6 Å². The van der Waals surface area contributed by atoms with Crippen molar-refractivity contribution in [3.05, 3.63) is 18.2 Å². The fourth-order valence-electron chi connectivity index (χ4n) is 1.95. The summed E-state index contributed by atoms with van der Waals surface area (Å²) in [6.07, 6.45) is 0.712. The summed E-state index contributed by atoms with van der Waals surface area (Å²) in [5, 5.41) is 0. The molecule has 6 nitrogen and oxygen atoms in total. The van der Waals surface area contributed by atoms with Crippen molar-refractivity contribution in [2.24, 2.45) is 0 Å². The number of sulfonamides is 1. The topological polar surface area (TPSA) is 65.1 Å². The highest BCUT2D eigenvalue weighted by Crippen LogP contribution is 2.34. The average Bonchev–Trinajstić information content (AvgIpc) is 2.87. The Kier molecular flexibility index (Phi) is 2.89. The first-order valence-corrected chi connectivity index (χ1v) is 7.09. The summed E-state index contributed by atoms with van der Waals surface area (Å²) in [6, 6.07) is 4.63. The van der Waals surface area contributed by atoms with Gasteiger partial charge in [-0.15, -0.1) is 0 Å². The third-order valence-corrected chi connectivity index (χ3v) is 4.73. The van der Waals surface area contributed by atoms with Gasteiger partial charge in [0.05, 0.1) is 4.90 Å². The van der Waals surface area contributed by atoms with E-state index >= 15 is 0 Å². The third-order valence-electron chi connectivity index (χ3n) is 2.91. The molecule has 2 heterocycles. The second-order valence-corrected chi connectivity index (χ2v) is 6.02. The van der Waals surface area contributed by atoms with Crippen LogP contribution in [0.2, 0.25) is 0 Å². The lowest BCUT2D eigenvalue weighted by Crippen LogP contribution is -2.38. The number of nitrogens with zero attached hydrogens (tertiary/aromatic N) is 1. The molecule has 1 saturated heterocycles. The van der Waals surface area contributed by atoms with Crippen molar-refractivity contribution in [2.75, 3.05) is 26.7 Å². The SMILES string of the molecule is O=S(=O)(c1ccc2c(c1)OCO2)N1CCCOC1. The third kappa shape index (κ3) is 1.94. The summed E-state index contributed by atoms with van der Waals surface area (Å²) in [5.41, 5.74) is 0. The molecule has 0 N–H and O–H groups in total. The minimum absolute atomic E-state index is 0.108. The summed E-state index contributed by atoms with van der Waals surface area (Å²) < 4.78 is 41.5. The Bertz CT molecular complexity index is 551. The van der Waals surface area contributed by atoms with Gasteiger partial charge in [0.25, 0.3) is 0 Å². The van der Waals surface area contributed by atoms with Crippen LogP contribution < -0.4 is 9.47 Å². The Labute approximate surface area is 105 Å². The summed E-state index contributed by atoms with van der Waals surface area (Å²) >= 11 is 0. The van der Waals surface area contributed by atoms with Crippen molar-refractivity contribution in [1.29, 1.82) is 0 Å². The van der Waals surface area contributed by atoms with Crippen LogP contribution in [-0.2, 0) is 14.8 Å². The maximum atomic E-state index is 12.3. The van der Waals surface area contributed by atoms with Gasteiger partial charge >= 0.3 is 0 Å². The molecule has 2 aliphatic rings. The van der Waals surface area contributed by atoms with Gasteiger partial charge in [0.15, 0.2) is 11.5 Å². The second-order valence-electron chi connectivity index (χ2n) is 4.09. The molecule has 1 fully saturated rings. The highest BCUT2D eigenvalue weighted by Gasteiger charge is 2.28. The van der Waals surface area contributed by atoms with Crippen LogP contribution in [0.4, 0.5) is 0 Å². The van der Waals surface area contributed by atoms with Crippen molar-refractivity contribution in [2.45, 2.75) is 11.3 Å². The van der Waals surface area contributed by atoms with Gasteiger partial charge in [0.1, 0.15) is 6.73 Å². The zero-order chi connectivity index (χ0) is 12.6. The first kappa shape index (κ1) is 11.8. The lowest BCUT2D eigenvalue weighted by Gasteiger charge is -2.25. The Morgan fingerprint density at radius 2 is 2.00 bits per heavy atom. The van der Waals surface area contributed by atoms with E-state index in [1.54, 1.807) is 6.07 Å². The van der Waals surface area contributed by atoms with E-state index in [0.29, 0.717) is 31.1 Å². The Morgan fingerprint density at radius 3 is 2.78 bits per heavy atom. The number of benzene rings is 1. The molecule has 1 aromatic rings. The molecule has 0 spiro atoms. The fourth-order valence-corrected chi connectivity index (χ4v) is 3.33. The predicted octanol–water partition coefficient (Wildman–Crippen LogP) is 0.784. The Hall–Kier alpha value is -1.31. The highest BCUT2D eigenvalue weighted by atomic mass is 32.2. The molecular formula is C11H13NO5S. The van der Waals surface area contributed by atoms with Gasteiger partial charge in [-0.2, -0.15) is 4.31 Å². The number of hydrogen-bond acceptors (Lipinski definition) is 5. The first-order chi connectivity index (χ1) is 8.68. The number of fused-ring (bicyclic) bond motifs is 1. The maximum absolute atomic E-state index is 12.3. The molecule has 0 saturated carbocycles. The van der Waals surface area contributed by atoms with Crippen LogP contribution in [0.25, 0.3) is 0 Å². The smallest absolute Gasteiger partial charge is 0.245 e. The monoisotopic (exact) mass is 271 g/mol. The molecule has 1 aromatic carbocycles. The van der Waals surface area contributed by atoms with E-state index in [1.165, 1.54) is 16.4 Å². The molecule has 0 radical (unpaired) electrons. The molecule has 7 heteroatoms. The van der Waals surface area contributed by atoms with E-state index < -0.39 is 10.0 Å². The second kappa shape index (κ2) is 4.42. The fraction of sp³-hybridized carbons (Fsp3) is 0.455. The van der Waals surface area contributed by atoms with Gasteiger partial charge in [0, 0.05) is 19.2 Å². The standard InChI is InChI=1S/C11H13NO5S/c13-18(14,12-4-1-5-15-7-12)9-2-3-10-11(6-9)17-8-16-10/h2-3,6H,1,4-5,7-8H2. The van der Waals surface area contributed by atoms with Gasteiger partial charge < -0.3 is 14.2 Å². The van der Waals surface area contributed by atoms with Crippen LogP contribution in [0, 0.1) is 0 Å². The molecule has 18 heavy (non-hydrogen) atoms. The zero-order valence-electron chi connectivity index (χ0n) is 9.66. The first-order valence-electron chi connectivity index (χ1n) is 5.65. The number of hydrogen-bond donors (Lipinski definition) is 0. The molecular weight excluding hydrogens is 258 g/mol. The van der Waals surface area contributed by atoms with Gasteiger partial charge in [-0.1, -0.05) is 0 Å². The zero-order valence-corrected chi connectivity index (χ0v) is 10.5. The molecule has 0 amide bonds. The largest absolute Gasteiger partial charge is 0.454 e. The van der Waals surface area contributed by atoms with Crippen LogP contribution in [0.15, 0.2) is 23.1 Å². The minimum atomic E-state index is -3.51. The van der Waals surface area contributed by atoms with Crippen molar-refractivity contribution in [3.63, 3.8) is 0 Å². The van der Waals surface area contributed by atoms with Crippen molar-refractivity contribution in [3.8, 4) is 11.5 Å². The molecule has 3 rings (SSSR count). The summed E-state index contributed by atoms with van der Waals surface area (Å²) in [5.74, 6) is 1.04. The molecule has 0 bridgehead atoms. The minimum Gasteiger partial charge on any atom is -0.454 e. The van der Waals surface area contributed by atoms with Gasteiger partial charge in [-0.25, -0.2) is 8.42 Å². The lowest BCUT2D eigenvalue weighted by atomic mass is 10.3. The normalized spacial score (nSPS) is 20.0. The predicted molar refractivity (Wildman–Crippen MR) is 61.9 cm³/mol. The van der Waals surface area contributed by atoms with Crippen LogP contribution in [0.3, 0.4) is 0 Å². The van der Waals surface area contributed by atoms with Gasteiger partial charge in [0.2, 0.25) is 16.8 Å². The van der Waals surface area contributed by atoms with Crippen LogP contribution in [-0.4, -0.2) is 39.4 Å². The van der Waals surface area contributed by atoms with E-state index in [4.69, 9.17) is 14.2 Å². The molecule has 0 atom stereocenters. The van der Waals surface area contributed by atoms with Crippen LogP contribution >= 0.6 is 0 Å². The highest BCUT2D eigenvalue weighted by molar-refractivity contribution is 7.89. The average molecular weight is 271 g/mol. The molecule has 2 aliphatic heterocycles. The van der Waals surface area contributed by atoms with Crippen LogP contribution in [0.1, 0.15) is 6.42 Å². The van der Waals surface area contributed by atoms with Gasteiger partial charge in [-0.05, 0) is 18.6 Å². The van der Waals surface area contributed by atoms with E-state index in [0.717, 1.165) is 0 Å².